The standard InChI is InChI=1S/C8H12ClN3O3/c1-8(2,3)11-6(9)5(12(13)14)7(10-11)15-4/h1-4H3. The van der Waals surface area contributed by atoms with Gasteiger partial charge in [-0.15, -0.1) is 5.10 Å². The fourth-order valence-corrected chi connectivity index (χ4v) is 1.55. The summed E-state index contributed by atoms with van der Waals surface area (Å²) in [7, 11) is 1.32. The van der Waals surface area contributed by atoms with Crippen LogP contribution in [0.5, 0.6) is 5.88 Å². The second-order valence-corrected chi connectivity index (χ2v) is 4.35. The number of nitro groups is 1. The van der Waals surface area contributed by atoms with Crippen molar-refractivity contribution in [2.24, 2.45) is 0 Å². The molecule has 0 N–H and O–H groups in total. The molecule has 6 nitrogen and oxygen atoms in total. The lowest BCUT2D eigenvalue weighted by Crippen LogP contribution is -2.23. The molecule has 0 aliphatic heterocycles. The summed E-state index contributed by atoms with van der Waals surface area (Å²) in [6.45, 7) is 5.53. The molecule has 1 aromatic rings. The average molecular weight is 234 g/mol. The van der Waals surface area contributed by atoms with E-state index in [2.05, 4.69) is 5.10 Å². The molecule has 7 heteroatoms. The highest BCUT2D eigenvalue weighted by Crippen LogP contribution is 2.36. The largest absolute Gasteiger partial charge is 0.475 e. The molecule has 84 valence electrons. The second kappa shape index (κ2) is 3.69. The van der Waals surface area contributed by atoms with Crippen LogP contribution in [0, 0.1) is 10.1 Å². The Labute approximate surface area is 91.9 Å². The topological polar surface area (TPSA) is 70.2 Å². The average Bonchev–Trinajstić information content (AvgIpc) is 2.41. The van der Waals surface area contributed by atoms with Crippen LogP contribution in [0.3, 0.4) is 0 Å². The van der Waals surface area contributed by atoms with Crippen LogP contribution in [0.2, 0.25) is 5.15 Å². The second-order valence-electron chi connectivity index (χ2n) is 3.99. The van der Waals surface area contributed by atoms with E-state index < -0.39 is 10.5 Å². The van der Waals surface area contributed by atoms with E-state index in [1.807, 2.05) is 20.8 Å². The predicted molar refractivity (Wildman–Crippen MR) is 55.4 cm³/mol. The molecule has 0 spiro atoms. The zero-order valence-electron chi connectivity index (χ0n) is 8.94. The summed E-state index contributed by atoms with van der Waals surface area (Å²) < 4.78 is 6.17. The van der Waals surface area contributed by atoms with Crippen molar-refractivity contribution in [1.82, 2.24) is 9.78 Å². The number of nitrogens with zero attached hydrogens (tertiary/aromatic N) is 3. The van der Waals surface area contributed by atoms with Gasteiger partial charge in [-0.05, 0) is 20.8 Å². The Bertz CT molecular complexity index is 395. The van der Waals surface area contributed by atoms with Gasteiger partial charge in [0.15, 0.2) is 0 Å². The first-order valence-electron chi connectivity index (χ1n) is 4.26. The molecule has 1 rings (SSSR count). The Balaban J connectivity index is 3.41. The molecular weight excluding hydrogens is 222 g/mol. The molecule has 0 aliphatic rings. The maximum absolute atomic E-state index is 10.7. The van der Waals surface area contributed by atoms with E-state index in [4.69, 9.17) is 16.3 Å². The van der Waals surface area contributed by atoms with Crippen LogP contribution in [0.1, 0.15) is 20.8 Å². The summed E-state index contributed by atoms with van der Waals surface area (Å²) in [5.41, 5.74) is -0.729. The van der Waals surface area contributed by atoms with Gasteiger partial charge in [-0.1, -0.05) is 11.6 Å². The van der Waals surface area contributed by atoms with Crippen LogP contribution >= 0.6 is 11.6 Å². The molecule has 0 bridgehead atoms. The van der Waals surface area contributed by atoms with Gasteiger partial charge in [0, 0.05) is 0 Å². The van der Waals surface area contributed by atoms with E-state index in [1.165, 1.54) is 11.8 Å². The number of methoxy groups -OCH3 is 1. The van der Waals surface area contributed by atoms with Gasteiger partial charge in [-0.3, -0.25) is 10.1 Å². The third kappa shape index (κ3) is 2.04. The van der Waals surface area contributed by atoms with Crippen molar-refractivity contribution >= 4 is 17.3 Å². The molecule has 0 unspecified atom stereocenters. The minimum absolute atomic E-state index is 0.0237. The quantitative estimate of drug-likeness (QED) is 0.580. The number of aromatic nitrogens is 2. The van der Waals surface area contributed by atoms with Crippen molar-refractivity contribution in [3.8, 4) is 5.88 Å². The van der Waals surface area contributed by atoms with Gasteiger partial charge in [-0.2, -0.15) is 0 Å². The van der Waals surface area contributed by atoms with Crippen LogP contribution in [-0.2, 0) is 5.54 Å². The Kier molecular flexibility index (Phi) is 2.90. The van der Waals surface area contributed by atoms with Gasteiger partial charge in [0.1, 0.15) is 0 Å². The lowest BCUT2D eigenvalue weighted by Gasteiger charge is -2.19. The monoisotopic (exact) mass is 233 g/mol. The summed E-state index contributed by atoms with van der Waals surface area (Å²) >= 11 is 5.87. The first kappa shape index (κ1) is 11.8. The Morgan fingerprint density at radius 3 is 2.33 bits per heavy atom. The summed E-state index contributed by atoms with van der Waals surface area (Å²) in [6.07, 6.45) is 0. The van der Waals surface area contributed by atoms with Crippen LogP contribution in [0.4, 0.5) is 5.69 Å². The van der Waals surface area contributed by atoms with E-state index >= 15 is 0 Å². The predicted octanol–water partition coefficient (Wildman–Crippen LogP) is 2.21. The van der Waals surface area contributed by atoms with Crippen molar-refractivity contribution < 1.29 is 9.66 Å². The lowest BCUT2D eigenvalue weighted by molar-refractivity contribution is -0.385. The Morgan fingerprint density at radius 2 is 2.07 bits per heavy atom. The number of ether oxygens (including phenoxy) is 1. The first-order valence-corrected chi connectivity index (χ1v) is 4.64. The number of hydrogen-bond acceptors (Lipinski definition) is 4. The highest BCUT2D eigenvalue weighted by Gasteiger charge is 2.31. The molecule has 0 atom stereocenters. The van der Waals surface area contributed by atoms with Gasteiger partial charge < -0.3 is 4.74 Å². The maximum Gasteiger partial charge on any atom is 0.368 e. The minimum atomic E-state index is -0.601. The van der Waals surface area contributed by atoms with Crippen molar-refractivity contribution in [3.05, 3.63) is 15.3 Å². The smallest absolute Gasteiger partial charge is 0.368 e. The molecule has 1 aromatic heterocycles. The molecule has 0 radical (unpaired) electrons. The van der Waals surface area contributed by atoms with Gasteiger partial charge in [0.25, 0.3) is 0 Å². The third-order valence-electron chi connectivity index (χ3n) is 1.79. The third-order valence-corrected chi connectivity index (χ3v) is 2.13. The number of hydrogen-bond donors (Lipinski definition) is 0. The van der Waals surface area contributed by atoms with Crippen LogP contribution in [-0.4, -0.2) is 21.8 Å². The van der Waals surface area contributed by atoms with Crippen LogP contribution < -0.4 is 4.74 Å². The van der Waals surface area contributed by atoms with Crippen LogP contribution in [0.25, 0.3) is 0 Å². The summed E-state index contributed by atoms with van der Waals surface area (Å²) in [5.74, 6) is -0.0695. The zero-order chi connectivity index (χ0) is 11.8. The fraction of sp³-hybridized carbons (Fsp3) is 0.625. The molecule has 0 fully saturated rings. The maximum atomic E-state index is 10.7. The van der Waals surface area contributed by atoms with E-state index in [1.54, 1.807) is 0 Å². The highest BCUT2D eigenvalue weighted by molar-refractivity contribution is 6.32. The normalized spacial score (nSPS) is 11.5. The van der Waals surface area contributed by atoms with Gasteiger partial charge >= 0.3 is 11.6 Å². The molecule has 0 saturated heterocycles. The lowest BCUT2D eigenvalue weighted by atomic mass is 10.1. The molecule has 0 amide bonds. The van der Waals surface area contributed by atoms with Gasteiger partial charge in [-0.25, -0.2) is 4.68 Å². The van der Waals surface area contributed by atoms with E-state index in [-0.39, 0.29) is 16.7 Å². The zero-order valence-corrected chi connectivity index (χ0v) is 9.70. The molecule has 0 aliphatic carbocycles. The summed E-state index contributed by atoms with van der Waals surface area (Å²) in [4.78, 5) is 10.1. The van der Waals surface area contributed by atoms with E-state index in [0.717, 1.165) is 0 Å². The van der Waals surface area contributed by atoms with Crippen molar-refractivity contribution in [2.75, 3.05) is 7.11 Å². The van der Waals surface area contributed by atoms with Crippen LogP contribution in [0.15, 0.2) is 0 Å². The number of rotatable bonds is 2. The van der Waals surface area contributed by atoms with E-state index in [0.29, 0.717) is 0 Å². The first-order chi connectivity index (χ1) is 6.79. The minimum Gasteiger partial charge on any atom is -0.475 e. The molecule has 15 heavy (non-hydrogen) atoms. The Morgan fingerprint density at radius 1 is 1.53 bits per heavy atom. The molecule has 0 aromatic carbocycles. The molecule has 1 heterocycles. The van der Waals surface area contributed by atoms with E-state index in [9.17, 15) is 10.1 Å². The van der Waals surface area contributed by atoms with Gasteiger partial charge in [0.2, 0.25) is 5.15 Å². The molecule has 0 saturated carbocycles. The summed E-state index contributed by atoms with van der Waals surface area (Å²) in [6, 6.07) is 0. The highest BCUT2D eigenvalue weighted by atomic mass is 35.5. The van der Waals surface area contributed by atoms with Crippen molar-refractivity contribution in [3.63, 3.8) is 0 Å². The molecular formula is C8H12ClN3O3. The summed E-state index contributed by atoms with van der Waals surface area (Å²) in [5, 5.41) is 14.6. The van der Waals surface area contributed by atoms with Crippen molar-refractivity contribution in [2.45, 2.75) is 26.3 Å². The number of halogens is 1. The van der Waals surface area contributed by atoms with Crippen molar-refractivity contribution in [1.29, 1.82) is 0 Å². The fourth-order valence-electron chi connectivity index (χ4n) is 1.11. The SMILES string of the molecule is COc1nn(C(C)(C)C)c(Cl)c1[N+](=O)[O-]. The van der Waals surface area contributed by atoms with Gasteiger partial charge in [0.05, 0.1) is 17.6 Å². The Hall–Kier alpha value is -1.30.